The zero-order valence-corrected chi connectivity index (χ0v) is 22.3. The minimum Gasteiger partial charge on any atom is -0.465 e. The Labute approximate surface area is 220 Å². The van der Waals surface area contributed by atoms with Gasteiger partial charge < -0.3 is 30.7 Å². The first-order valence-corrected chi connectivity index (χ1v) is 13.9. The molecule has 3 unspecified atom stereocenters. The smallest absolute Gasteiger partial charge is 0.404 e. The molecule has 0 aromatic heterocycles. The maximum absolute atomic E-state index is 13.4. The van der Waals surface area contributed by atoms with Gasteiger partial charge in [0.2, 0.25) is 0 Å². The summed E-state index contributed by atoms with van der Waals surface area (Å²) in [6.45, 7) is 2.53. The molecule has 1 saturated carbocycles. The van der Waals surface area contributed by atoms with E-state index in [-0.39, 0.29) is 37.2 Å². The van der Waals surface area contributed by atoms with E-state index in [1.54, 1.807) is 0 Å². The van der Waals surface area contributed by atoms with Crippen molar-refractivity contribution in [3.63, 3.8) is 0 Å². The number of amides is 3. The molecular weight excluding hydrogens is 480 g/mol. The Kier molecular flexibility index (Phi) is 12.1. The summed E-state index contributed by atoms with van der Waals surface area (Å²) in [6, 6.07) is 7.74. The lowest BCUT2D eigenvalue weighted by atomic mass is 9.85. The van der Waals surface area contributed by atoms with Crippen LogP contribution in [0.15, 0.2) is 24.3 Å². The number of benzene rings is 1. The molecule has 3 atom stereocenters. The number of hydrogen-bond acceptors (Lipinski definition) is 4. The molecule has 0 radical (unpaired) electrons. The maximum Gasteiger partial charge on any atom is 0.404 e. The zero-order valence-electron chi connectivity index (χ0n) is 21.5. The molecule has 1 aliphatic carbocycles. The number of urea groups is 1. The second-order valence-electron chi connectivity index (χ2n) is 10.2. The van der Waals surface area contributed by atoms with Gasteiger partial charge in [0, 0.05) is 43.2 Å². The van der Waals surface area contributed by atoms with E-state index < -0.39 is 6.09 Å². The van der Waals surface area contributed by atoms with Crippen LogP contribution in [-0.2, 0) is 4.74 Å². The Balaban J connectivity index is 1.67. The third-order valence-corrected chi connectivity index (χ3v) is 7.63. The van der Waals surface area contributed by atoms with E-state index in [2.05, 4.69) is 16.0 Å². The molecule has 9 heteroatoms. The number of halogens is 1. The quantitative estimate of drug-likeness (QED) is 0.305. The molecule has 2 aliphatic rings. The fraction of sp³-hybridized carbons (Fsp3) is 0.704. The second kappa shape index (κ2) is 15.3. The van der Waals surface area contributed by atoms with Crippen molar-refractivity contribution in [1.29, 1.82) is 0 Å². The topological polar surface area (TPSA) is 103 Å². The van der Waals surface area contributed by atoms with Gasteiger partial charge in [-0.15, -0.1) is 0 Å². The summed E-state index contributed by atoms with van der Waals surface area (Å²) in [7, 11) is 1.94. The Morgan fingerprint density at radius 2 is 1.94 bits per heavy atom. The van der Waals surface area contributed by atoms with Gasteiger partial charge in [0.05, 0.1) is 12.7 Å². The fourth-order valence-corrected chi connectivity index (χ4v) is 5.87. The van der Waals surface area contributed by atoms with Gasteiger partial charge in [-0.25, -0.2) is 9.59 Å². The average molecular weight is 523 g/mol. The largest absolute Gasteiger partial charge is 0.465 e. The number of likely N-dealkylation sites (N-methyl/N-ethyl adjacent to an activating group) is 1. The van der Waals surface area contributed by atoms with Gasteiger partial charge in [-0.05, 0) is 49.9 Å². The van der Waals surface area contributed by atoms with Crippen LogP contribution in [-0.4, -0.2) is 68.0 Å². The van der Waals surface area contributed by atoms with Crippen LogP contribution in [0.3, 0.4) is 0 Å². The third kappa shape index (κ3) is 9.45. The van der Waals surface area contributed by atoms with Crippen LogP contribution in [0.25, 0.3) is 0 Å². The molecule has 1 aromatic rings. The van der Waals surface area contributed by atoms with Gasteiger partial charge in [0.15, 0.2) is 0 Å². The van der Waals surface area contributed by atoms with Gasteiger partial charge in [0.25, 0.3) is 0 Å². The molecule has 1 saturated heterocycles. The van der Waals surface area contributed by atoms with Gasteiger partial charge in [0.1, 0.15) is 0 Å². The number of carbonyl (C=O) groups excluding carboxylic acids is 1. The van der Waals surface area contributed by atoms with E-state index in [0.29, 0.717) is 17.5 Å². The van der Waals surface area contributed by atoms with E-state index in [0.717, 1.165) is 44.3 Å². The average Bonchev–Trinajstić information content (AvgIpc) is 3.11. The standard InChI is InChI=1S/C27H43ClN4O4/c1-29-18-24(16-20-8-3-2-4-9-20)31-26(33)32-14-6-5-10-22(19-32)25(36-15-13-30-27(34)35)21-11-7-12-23(28)17-21/h7,11-12,17,20,22,24-25,29-30H,2-6,8-10,13-16,18-19H2,1H3,(H,31,33)(H,34,35). The summed E-state index contributed by atoms with van der Waals surface area (Å²) in [4.78, 5) is 26.2. The summed E-state index contributed by atoms with van der Waals surface area (Å²) in [5.74, 6) is 0.775. The first-order valence-electron chi connectivity index (χ1n) is 13.5. The SMILES string of the molecule is CNCC(CC1CCCCC1)NC(=O)N1CCCCC(C(OCCNC(=O)O)c2cccc(Cl)c2)C1. The third-order valence-electron chi connectivity index (χ3n) is 7.40. The van der Waals surface area contributed by atoms with Gasteiger partial charge in [-0.3, -0.25) is 0 Å². The Hall–Kier alpha value is -2.03. The Morgan fingerprint density at radius 1 is 1.17 bits per heavy atom. The van der Waals surface area contributed by atoms with E-state index in [4.69, 9.17) is 21.4 Å². The van der Waals surface area contributed by atoms with Crippen LogP contribution in [0.1, 0.15) is 69.5 Å². The molecule has 3 rings (SSSR count). The molecule has 0 spiro atoms. The van der Waals surface area contributed by atoms with Gasteiger partial charge in [-0.2, -0.15) is 0 Å². The molecule has 1 aliphatic heterocycles. The summed E-state index contributed by atoms with van der Waals surface area (Å²) >= 11 is 6.28. The van der Waals surface area contributed by atoms with Crippen molar-refractivity contribution in [2.24, 2.45) is 11.8 Å². The van der Waals surface area contributed by atoms with Crippen LogP contribution >= 0.6 is 11.6 Å². The minimum absolute atomic E-state index is 0.00431. The fourth-order valence-electron chi connectivity index (χ4n) is 5.67. The number of hydrogen-bond donors (Lipinski definition) is 4. The predicted molar refractivity (Wildman–Crippen MR) is 143 cm³/mol. The Bertz CT molecular complexity index is 821. The van der Waals surface area contributed by atoms with E-state index in [1.165, 1.54) is 32.1 Å². The van der Waals surface area contributed by atoms with Crippen molar-refractivity contribution in [1.82, 2.24) is 20.9 Å². The molecule has 2 fully saturated rings. The van der Waals surface area contributed by atoms with Crippen molar-refractivity contribution in [2.45, 2.75) is 69.9 Å². The summed E-state index contributed by atoms with van der Waals surface area (Å²) in [6.07, 6.45) is 9.01. The number of likely N-dealkylation sites (tertiary alicyclic amines) is 1. The molecular formula is C27H43ClN4O4. The Morgan fingerprint density at radius 3 is 2.67 bits per heavy atom. The highest BCUT2D eigenvalue weighted by atomic mass is 35.5. The van der Waals surface area contributed by atoms with Crippen LogP contribution in [0.2, 0.25) is 5.02 Å². The molecule has 202 valence electrons. The number of carbonyl (C=O) groups is 2. The normalized spacial score (nSPS) is 20.8. The monoisotopic (exact) mass is 522 g/mol. The molecule has 8 nitrogen and oxygen atoms in total. The number of nitrogens with one attached hydrogen (secondary N) is 3. The number of nitrogens with zero attached hydrogens (tertiary/aromatic N) is 1. The lowest BCUT2D eigenvalue weighted by Crippen LogP contribution is -2.50. The van der Waals surface area contributed by atoms with Gasteiger partial charge >= 0.3 is 12.1 Å². The molecule has 1 aromatic carbocycles. The van der Waals surface area contributed by atoms with E-state index in [9.17, 15) is 9.59 Å². The molecule has 4 N–H and O–H groups in total. The molecule has 36 heavy (non-hydrogen) atoms. The van der Waals surface area contributed by atoms with E-state index in [1.807, 2.05) is 36.2 Å². The first kappa shape index (κ1) is 28.5. The number of ether oxygens (including phenoxy) is 1. The summed E-state index contributed by atoms with van der Waals surface area (Å²) in [5, 5.41) is 18.5. The zero-order chi connectivity index (χ0) is 25.8. The van der Waals surface area contributed by atoms with Crippen LogP contribution in [0.5, 0.6) is 0 Å². The summed E-state index contributed by atoms with van der Waals surface area (Å²) in [5.41, 5.74) is 0.954. The number of rotatable bonds is 11. The molecule has 0 bridgehead atoms. The van der Waals surface area contributed by atoms with E-state index >= 15 is 0 Å². The highest BCUT2D eigenvalue weighted by Crippen LogP contribution is 2.34. The molecule has 1 heterocycles. The van der Waals surface area contributed by atoms with Crippen molar-refractivity contribution in [3.05, 3.63) is 34.9 Å². The second-order valence-corrected chi connectivity index (χ2v) is 10.7. The van der Waals surface area contributed by atoms with Crippen molar-refractivity contribution >= 4 is 23.7 Å². The van der Waals surface area contributed by atoms with Crippen LogP contribution in [0, 0.1) is 11.8 Å². The molecule has 3 amide bonds. The highest BCUT2D eigenvalue weighted by molar-refractivity contribution is 6.30. The van der Waals surface area contributed by atoms with Crippen molar-refractivity contribution in [3.8, 4) is 0 Å². The predicted octanol–water partition coefficient (Wildman–Crippen LogP) is 5.04. The lowest BCUT2D eigenvalue weighted by molar-refractivity contribution is 0.00431. The van der Waals surface area contributed by atoms with Crippen LogP contribution in [0.4, 0.5) is 9.59 Å². The highest BCUT2D eigenvalue weighted by Gasteiger charge is 2.31. The maximum atomic E-state index is 13.4. The summed E-state index contributed by atoms with van der Waals surface area (Å²) < 4.78 is 6.22. The number of carboxylic acid groups (broad SMARTS) is 1. The first-order chi connectivity index (χ1) is 17.5. The lowest BCUT2D eigenvalue weighted by Gasteiger charge is -2.33. The minimum atomic E-state index is -1.07. The van der Waals surface area contributed by atoms with Crippen LogP contribution < -0.4 is 16.0 Å². The van der Waals surface area contributed by atoms with Crippen molar-refractivity contribution in [2.75, 3.05) is 39.8 Å². The van der Waals surface area contributed by atoms with Gasteiger partial charge in [-0.1, -0.05) is 62.3 Å². The van der Waals surface area contributed by atoms with Crippen molar-refractivity contribution < 1.29 is 19.4 Å².